The second kappa shape index (κ2) is 9.93. The normalized spacial score (nSPS) is 10.2. The van der Waals surface area contributed by atoms with Gasteiger partial charge < -0.3 is 0 Å². The summed E-state index contributed by atoms with van der Waals surface area (Å²) >= 11 is -1.55. The van der Waals surface area contributed by atoms with Gasteiger partial charge >= 0.3 is 104 Å². The van der Waals surface area contributed by atoms with Crippen molar-refractivity contribution in [3.05, 3.63) is 0 Å². The van der Waals surface area contributed by atoms with E-state index in [0.29, 0.717) is 12.8 Å². The third-order valence-electron chi connectivity index (χ3n) is 2.42. The predicted molar refractivity (Wildman–Crippen MR) is 63.7 cm³/mol. The van der Waals surface area contributed by atoms with E-state index in [2.05, 4.69) is 16.4 Å². The van der Waals surface area contributed by atoms with Crippen molar-refractivity contribution in [2.24, 2.45) is 0 Å². The van der Waals surface area contributed by atoms with Crippen molar-refractivity contribution in [3.8, 4) is 0 Å². The molecule has 1 radical (unpaired) electrons. The van der Waals surface area contributed by atoms with Crippen LogP contribution in [-0.2, 0) is 19.1 Å². The maximum absolute atomic E-state index is 11.0. The molecule has 0 spiro atoms. The molecule has 93 valence electrons. The summed E-state index contributed by atoms with van der Waals surface area (Å²) in [6.07, 6.45) is 2.19. The molecular formula is C11H21O4Sn. The molecule has 0 aliphatic carbocycles. The van der Waals surface area contributed by atoms with Gasteiger partial charge in [0.15, 0.2) is 0 Å². The number of methoxy groups -OCH3 is 2. The quantitative estimate of drug-likeness (QED) is 0.503. The molecule has 0 aliphatic heterocycles. The van der Waals surface area contributed by atoms with Gasteiger partial charge in [0.05, 0.1) is 0 Å². The second-order valence-corrected chi connectivity index (χ2v) is 12.2. The molecular weight excluding hydrogens is 315 g/mol. The van der Waals surface area contributed by atoms with E-state index in [1.807, 2.05) is 0 Å². The van der Waals surface area contributed by atoms with Gasteiger partial charge in [0.25, 0.3) is 0 Å². The minimum absolute atomic E-state index is 0.132. The Kier molecular flexibility index (Phi) is 9.77. The van der Waals surface area contributed by atoms with E-state index in [-0.39, 0.29) is 11.9 Å². The Bertz CT molecular complexity index is 198. The Morgan fingerprint density at radius 3 is 1.69 bits per heavy atom. The van der Waals surface area contributed by atoms with Crippen LogP contribution in [0.3, 0.4) is 0 Å². The number of carbonyl (C=O) groups is 2. The summed E-state index contributed by atoms with van der Waals surface area (Å²) in [6, 6.07) is 0. The van der Waals surface area contributed by atoms with Crippen molar-refractivity contribution in [3.63, 3.8) is 0 Å². The summed E-state index contributed by atoms with van der Waals surface area (Å²) in [5.41, 5.74) is 0. The summed E-state index contributed by atoms with van der Waals surface area (Å²) in [4.78, 5) is 22.1. The Morgan fingerprint density at radius 1 is 0.938 bits per heavy atom. The molecule has 0 aromatic heterocycles. The van der Waals surface area contributed by atoms with Crippen LogP contribution in [0.5, 0.6) is 0 Å². The number of carbonyl (C=O) groups excluding carboxylic acids is 2. The molecule has 0 bridgehead atoms. The van der Waals surface area contributed by atoms with Gasteiger partial charge in [-0.2, -0.15) is 0 Å². The van der Waals surface area contributed by atoms with E-state index in [9.17, 15) is 9.59 Å². The van der Waals surface area contributed by atoms with Gasteiger partial charge in [-0.15, -0.1) is 0 Å². The molecule has 0 saturated carbocycles. The molecule has 0 rings (SSSR count). The topological polar surface area (TPSA) is 52.6 Å². The van der Waals surface area contributed by atoms with Crippen LogP contribution >= 0.6 is 0 Å². The van der Waals surface area contributed by atoms with Crippen LogP contribution in [0.4, 0.5) is 0 Å². The monoisotopic (exact) mass is 337 g/mol. The molecule has 16 heavy (non-hydrogen) atoms. The standard InChI is InChI=1S/2C4H7O2.C3H7.Sn/c2*1-3-4(5)6-2;1-3-2;/h2*1,3H2,2H3;1,3H2,2H3;. The summed E-state index contributed by atoms with van der Waals surface area (Å²) in [6.45, 7) is 2.15. The number of ether oxygens (including phenoxy) is 2. The Labute approximate surface area is 104 Å². The van der Waals surface area contributed by atoms with E-state index < -0.39 is 19.8 Å². The van der Waals surface area contributed by atoms with Gasteiger partial charge in [-0.25, -0.2) is 0 Å². The fourth-order valence-corrected chi connectivity index (χ4v) is 8.83. The first-order chi connectivity index (χ1) is 7.63. The van der Waals surface area contributed by atoms with Crippen molar-refractivity contribution < 1.29 is 19.1 Å². The maximum atomic E-state index is 11.0. The fourth-order valence-electron chi connectivity index (χ4n) is 1.49. The molecule has 0 atom stereocenters. The van der Waals surface area contributed by atoms with Crippen LogP contribution in [0, 0.1) is 0 Å². The number of hydrogen-bond acceptors (Lipinski definition) is 4. The van der Waals surface area contributed by atoms with E-state index in [1.54, 1.807) is 0 Å². The average Bonchev–Trinajstić information content (AvgIpc) is 2.31. The first-order valence-electron chi connectivity index (χ1n) is 5.61. The number of rotatable bonds is 8. The van der Waals surface area contributed by atoms with Gasteiger partial charge in [0.2, 0.25) is 0 Å². The molecule has 0 unspecified atom stereocenters. The molecule has 0 aliphatic rings. The van der Waals surface area contributed by atoms with Crippen LogP contribution in [0.1, 0.15) is 26.2 Å². The molecule has 0 aromatic carbocycles. The molecule has 4 nitrogen and oxygen atoms in total. The Morgan fingerprint density at radius 2 is 1.38 bits per heavy atom. The van der Waals surface area contributed by atoms with Gasteiger partial charge in [0.1, 0.15) is 0 Å². The number of hydrogen-bond donors (Lipinski definition) is 0. The van der Waals surface area contributed by atoms with Crippen molar-refractivity contribution in [2.45, 2.75) is 39.5 Å². The first kappa shape index (κ1) is 15.7. The van der Waals surface area contributed by atoms with Gasteiger partial charge in [-0.1, -0.05) is 0 Å². The predicted octanol–water partition coefficient (Wildman–Crippen LogP) is 2.02. The minimum atomic E-state index is -1.55. The molecule has 0 N–H and O–H groups in total. The summed E-state index contributed by atoms with van der Waals surface area (Å²) < 4.78 is 12.5. The third-order valence-corrected chi connectivity index (χ3v) is 11.3. The van der Waals surface area contributed by atoms with Crippen LogP contribution in [0.2, 0.25) is 13.3 Å². The van der Waals surface area contributed by atoms with Gasteiger partial charge in [-0.05, 0) is 0 Å². The molecule has 5 heteroatoms. The van der Waals surface area contributed by atoms with E-state index in [4.69, 9.17) is 0 Å². The van der Waals surface area contributed by atoms with E-state index in [1.165, 1.54) is 18.7 Å². The second-order valence-electron chi connectivity index (χ2n) is 3.65. The molecule has 0 saturated heterocycles. The molecule has 0 fully saturated rings. The fraction of sp³-hybridized carbons (Fsp3) is 0.818. The zero-order chi connectivity index (χ0) is 12.4. The first-order valence-corrected chi connectivity index (χ1v) is 11.7. The van der Waals surface area contributed by atoms with Crippen molar-refractivity contribution >= 4 is 31.7 Å². The third kappa shape index (κ3) is 7.96. The SMILES string of the molecule is CC[CH2][Sn]([CH2]CC(=O)OC)[CH2]CC(=O)OC. The van der Waals surface area contributed by atoms with Crippen molar-refractivity contribution in [1.82, 2.24) is 0 Å². The van der Waals surface area contributed by atoms with Gasteiger partial charge in [-0.3, -0.25) is 0 Å². The van der Waals surface area contributed by atoms with Crippen molar-refractivity contribution in [1.29, 1.82) is 0 Å². The van der Waals surface area contributed by atoms with Gasteiger partial charge in [0, 0.05) is 0 Å². The average molecular weight is 336 g/mol. The summed E-state index contributed by atoms with van der Waals surface area (Å²) in [7, 11) is 2.83. The van der Waals surface area contributed by atoms with Crippen molar-refractivity contribution in [2.75, 3.05) is 14.2 Å². The van der Waals surface area contributed by atoms with Crippen LogP contribution in [-0.4, -0.2) is 45.9 Å². The molecule has 0 amide bonds. The van der Waals surface area contributed by atoms with Crippen LogP contribution in [0.25, 0.3) is 0 Å². The Hall–Kier alpha value is -0.261. The van der Waals surface area contributed by atoms with E-state index >= 15 is 0 Å². The zero-order valence-corrected chi connectivity index (χ0v) is 13.2. The Balaban J connectivity index is 3.87. The molecule has 0 aromatic rings. The van der Waals surface area contributed by atoms with Crippen LogP contribution in [0.15, 0.2) is 0 Å². The van der Waals surface area contributed by atoms with E-state index in [0.717, 1.165) is 15.3 Å². The molecule has 0 heterocycles. The summed E-state index contributed by atoms with van der Waals surface area (Å²) in [5.74, 6) is -0.264. The number of esters is 2. The zero-order valence-electron chi connectivity index (χ0n) is 10.4. The summed E-state index contributed by atoms with van der Waals surface area (Å²) in [5, 5.41) is 0. The van der Waals surface area contributed by atoms with Crippen LogP contribution < -0.4 is 0 Å².